The number of nitrogens with one attached hydrogen (secondary N) is 3. The van der Waals surface area contributed by atoms with Gasteiger partial charge in [-0.25, -0.2) is 0 Å². The first-order valence-electron chi connectivity index (χ1n) is 10.3. The van der Waals surface area contributed by atoms with Crippen LogP contribution in [0.5, 0.6) is 0 Å². The maximum Gasteiger partial charge on any atom is 0.258 e. The lowest BCUT2D eigenvalue weighted by Crippen LogP contribution is -2.27. The highest BCUT2D eigenvalue weighted by Gasteiger charge is 2.27. The molecule has 0 spiro atoms. The average molecular weight is 387 g/mol. The van der Waals surface area contributed by atoms with E-state index in [0.717, 1.165) is 73.3 Å². The molecule has 0 radical (unpaired) electrons. The van der Waals surface area contributed by atoms with Crippen molar-refractivity contribution in [2.45, 2.75) is 19.4 Å². The maximum absolute atomic E-state index is 12.5. The van der Waals surface area contributed by atoms with E-state index in [0.29, 0.717) is 5.57 Å². The van der Waals surface area contributed by atoms with Crippen LogP contribution in [0.2, 0.25) is 0 Å². The summed E-state index contributed by atoms with van der Waals surface area (Å²) in [6, 6.07) is 14.3. The number of ether oxygens (including phenoxy) is 1. The molecule has 5 heteroatoms. The van der Waals surface area contributed by atoms with Gasteiger partial charge in [-0.05, 0) is 60.7 Å². The zero-order chi connectivity index (χ0) is 19.6. The van der Waals surface area contributed by atoms with E-state index < -0.39 is 0 Å². The van der Waals surface area contributed by atoms with Crippen molar-refractivity contribution in [2.75, 3.05) is 30.4 Å². The number of fused-ring (bicyclic) bond motifs is 2. The highest BCUT2D eigenvalue weighted by Crippen LogP contribution is 2.36. The van der Waals surface area contributed by atoms with Gasteiger partial charge in [0, 0.05) is 36.7 Å². The van der Waals surface area contributed by atoms with Crippen LogP contribution in [0, 0.1) is 5.92 Å². The Balaban J connectivity index is 1.30. The Hall–Kier alpha value is -2.89. The molecule has 3 N–H and O–H groups in total. The highest BCUT2D eigenvalue weighted by atomic mass is 16.5. The zero-order valence-corrected chi connectivity index (χ0v) is 16.3. The van der Waals surface area contributed by atoms with Crippen molar-refractivity contribution >= 4 is 28.9 Å². The molecule has 29 heavy (non-hydrogen) atoms. The molecule has 5 rings (SSSR count). The quantitative estimate of drug-likeness (QED) is 0.694. The number of rotatable bonds is 4. The van der Waals surface area contributed by atoms with Crippen LogP contribution in [0.3, 0.4) is 0 Å². The van der Waals surface area contributed by atoms with Crippen molar-refractivity contribution in [1.82, 2.24) is 5.32 Å². The van der Waals surface area contributed by atoms with Crippen molar-refractivity contribution < 1.29 is 9.53 Å². The topological polar surface area (TPSA) is 62.4 Å². The molecule has 5 nitrogen and oxygen atoms in total. The van der Waals surface area contributed by atoms with Crippen molar-refractivity contribution in [3.8, 4) is 0 Å². The van der Waals surface area contributed by atoms with Crippen molar-refractivity contribution in [3.05, 3.63) is 70.9 Å². The normalized spacial score (nSPS) is 20.8. The number of anilines is 2. The summed E-state index contributed by atoms with van der Waals surface area (Å²) in [7, 11) is 0. The van der Waals surface area contributed by atoms with Crippen LogP contribution < -0.4 is 16.0 Å². The minimum atomic E-state index is -0.0595. The smallest absolute Gasteiger partial charge is 0.258 e. The number of amides is 1. The Morgan fingerprint density at radius 3 is 2.76 bits per heavy atom. The van der Waals surface area contributed by atoms with E-state index in [1.807, 2.05) is 30.3 Å². The first kappa shape index (κ1) is 18.2. The first-order chi connectivity index (χ1) is 14.3. The molecule has 0 aliphatic carbocycles. The van der Waals surface area contributed by atoms with Gasteiger partial charge < -0.3 is 20.7 Å². The van der Waals surface area contributed by atoms with Gasteiger partial charge in [-0.1, -0.05) is 30.3 Å². The number of carbonyl (C=O) groups is 1. The Morgan fingerprint density at radius 1 is 1.00 bits per heavy atom. The van der Waals surface area contributed by atoms with Gasteiger partial charge in [-0.3, -0.25) is 4.79 Å². The molecule has 3 heterocycles. The van der Waals surface area contributed by atoms with Gasteiger partial charge in [0.05, 0.1) is 11.3 Å². The first-order valence-corrected chi connectivity index (χ1v) is 10.3. The van der Waals surface area contributed by atoms with Crippen LogP contribution in [-0.4, -0.2) is 25.7 Å². The minimum Gasteiger partial charge on any atom is -0.381 e. The Kier molecular flexibility index (Phi) is 4.92. The van der Waals surface area contributed by atoms with Gasteiger partial charge in [-0.2, -0.15) is 0 Å². The summed E-state index contributed by atoms with van der Waals surface area (Å²) in [5, 5.41) is 9.97. The van der Waals surface area contributed by atoms with Crippen LogP contribution in [-0.2, 0) is 16.1 Å². The number of hydrogen-bond acceptors (Lipinski definition) is 4. The van der Waals surface area contributed by atoms with E-state index in [-0.39, 0.29) is 5.91 Å². The van der Waals surface area contributed by atoms with Gasteiger partial charge in [0.15, 0.2) is 0 Å². The number of benzene rings is 2. The predicted molar refractivity (Wildman–Crippen MR) is 116 cm³/mol. The summed E-state index contributed by atoms with van der Waals surface area (Å²) < 4.78 is 5.43. The molecule has 0 atom stereocenters. The van der Waals surface area contributed by atoms with E-state index in [9.17, 15) is 4.79 Å². The zero-order valence-electron chi connectivity index (χ0n) is 16.3. The molecule has 0 aromatic heterocycles. The van der Waals surface area contributed by atoms with Crippen LogP contribution in [0.25, 0.3) is 11.6 Å². The van der Waals surface area contributed by atoms with E-state index >= 15 is 0 Å². The Bertz CT molecular complexity index is 1000. The highest BCUT2D eigenvalue weighted by molar-refractivity contribution is 6.33. The number of para-hydroxylation sites is 1. The molecule has 1 amide bonds. The van der Waals surface area contributed by atoms with Crippen LogP contribution >= 0.6 is 0 Å². The lowest BCUT2D eigenvalue weighted by atomic mass is 9.99. The third kappa shape index (κ3) is 3.71. The van der Waals surface area contributed by atoms with Gasteiger partial charge >= 0.3 is 0 Å². The molecule has 3 aliphatic heterocycles. The number of hydrogen-bond donors (Lipinski definition) is 3. The largest absolute Gasteiger partial charge is 0.381 e. The third-order valence-electron chi connectivity index (χ3n) is 5.86. The van der Waals surface area contributed by atoms with Crippen molar-refractivity contribution in [1.29, 1.82) is 0 Å². The maximum atomic E-state index is 12.5. The summed E-state index contributed by atoms with van der Waals surface area (Å²) in [5.41, 5.74) is 6.79. The molecule has 1 saturated heterocycles. The fourth-order valence-electron chi connectivity index (χ4n) is 4.24. The molecule has 2 aromatic rings. The van der Waals surface area contributed by atoms with Crippen molar-refractivity contribution in [2.24, 2.45) is 5.92 Å². The second-order valence-corrected chi connectivity index (χ2v) is 7.85. The number of carbonyl (C=O) groups excluding carboxylic acids is 1. The van der Waals surface area contributed by atoms with E-state index in [2.05, 4.69) is 40.2 Å². The van der Waals surface area contributed by atoms with Gasteiger partial charge in [0.25, 0.3) is 5.91 Å². The van der Waals surface area contributed by atoms with E-state index in [1.165, 1.54) is 5.56 Å². The van der Waals surface area contributed by atoms with Gasteiger partial charge in [0.2, 0.25) is 0 Å². The van der Waals surface area contributed by atoms with Crippen LogP contribution in [0.4, 0.5) is 11.4 Å². The van der Waals surface area contributed by atoms with E-state index in [1.54, 1.807) is 0 Å². The second kappa shape index (κ2) is 7.85. The molecule has 0 saturated carbocycles. The summed E-state index contributed by atoms with van der Waals surface area (Å²) in [6.45, 7) is 3.69. The number of allylic oxidation sites excluding steroid dienone is 1. The lowest BCUT2D eigenvalue weighted by Gasteiger charge is -2.22. The molecule has 0 unspecified atom stereocenters. The third-order valence-corrected chi connectivity index (χ3v) is 5.86. The molecule has 148 valence electrons. The lowest BCUT2D eigenvalue weighted by molar-refractivity contribution is -0.110. The van der Waals surface area contributed by atoms with Gasteiger partial charge in [-0.15, -0.1) is 0 Å². The second-order valence-electron chi connectivity index (χ2n) is 7.85. The van der Waals surface area contributed by atoms with E-state index in [4.69, 9.17) is 4.74 Å². The molecule has 1 fully saturated rings. The average Bonchev–Trinajstić information content (AvgIpc) is 3.10. The minimum absolute atomic E-state index is 0.0595. The Morgan fingerprint density at radius 2 is 1.86 bits per heavy atom. The monoisotopic (exact) mass is 387 g/mol. The molecular formula is C24H25N3O2. The van der Waals surface area contributed by atoms with Crippen LogP contribution in [0.1, 0.15) is 29.5 Å². The summed E-state index contributed by atoms with van der Waals surface area (Å²) in [6.07, 6.45) is 6.39. The molecule has 0 bridgehead atoms. The standard InChI is InChI=1S/C24H25N3O2/c28-24-23(19-3-1-2-4-21(19)27-24)22-8-6-18-13-17(5-7-20(18)26-22)15-25-14-16-9-11-29-12-10-16/h1-8,13,16,25-26H,9-12,14-15H2,(H,27,28). The fourth-order valence-corrected chi connectivity index (χ4v) is 4.24. The summed E-state index contributed by atoms with van der Waals surface area (Å²) in [5.74, 6) is 0.660. The molecular weight excluding hydrogens is 362 g/mol. The summed E-state index contributed by atoms with van der Waals surface area (Å²) >= 11 is 0. The van der Waals surface area contributed by atoms with Gasteiger partial charge in [0.1, 0.15) is 0 Å². The summed E-state index contributed by atoms with van der Waals surface area (Å²) in [4.78, 5) is 12.5. The molecule has 3 aliphatic rings. The predicted octanol–water partition coefficient (Wildman–Crippen LogP) is 4.00. The Labute approximate surface area is 170 Å². The fraction of sp³-hybridized carbons (Fsp3) is 0.292. The van der Waals surface area contributed by atoms with Crippen LogP contribution in [0.15, 0.2) is 54.2 Å². The van der Waals surface area contributed by atoms with Crippen molar-refractivity contribution in [3.63, 3.8) is 0 Å². The molecule has 2 aromatic carbocycles. The SMILES string of the molecule is O=C1Nc2ccccc2C1=C1C=Cc2cc(CNCC3CCOCC3)ccc2N1.